The Hall–Kier alpha value is -2.70. The highest BCUT2D eigenvalue weighted by Crippen LogP contribution is 2.29. The van der Waals surface area contributed by atoms with Crippen molar-refractivity contribution in [3.05, 3.63) is 23.8 Å². The molecule has 0 radical (unpaired) electrons. The highest BCUT2D eigenvalue weighted by molar-refractivity contribution is 7.89. The summed E-state index contributed by atoms with van der Waals surface area (Å²) in [6.07, 6.45) is -0.302. The molecule has 11 nitrogen and oxygen atoms in total. The molecule has 0 saturated carbocycles. The normalized spacial score (nSPS) is 20.1. The summed E-state index contributed by atoms with van der Waals surface area (Å²) in [7, 11) is -1.39. The Morgan fingerprint density at radius 1 is 1.19 bits per heavy atom. The van der Waals surface area contributed by atoms with Gasteiger partial charge in [0.15, 0.2) is 0 Å². The van der Waals surface area contributed by atoms with Crippen LogP contribution in [0.3, 0.4) is 0 Å². The van der Waals surface area contributed by atoms with Crippen molar-refractivity contribution in [1.82, 2.24) is 14.5 Å². The van der Waals surface area contributed by atoms with Crippen molar-refractivity contribution in [1.29, 1.82) is 0 Å². The number of carbonyl (C=O) groups excluding carboxylic acids is 3. The zero-order chi connectivity index (χ0) is 22.6. The van der Waals surface area contributed by atoms with Crippen LogP contribution in [0.4, 0.5) is 0 Å². The van der Waals surface area contributed by atoms with E-state index in [-0.39, 0.29) is 62.0 Å². The molecule has 0 aromatic heterocycles. The fraction of sp³-hybridized carbons (Fsp3) is 0.526. The number of hydrogen-bond acceptors (Lipinski definition) is 8. The van der Waals surface area contributed by atoms with Gasteiger partial charge in [0.05, 0.1) is 33.9 Å². The van der Waals surface area contributed by atoms with Crippen LogP contribution < -0.4 is 10.1 Å². The lowest BCUT2D eigenvalue weighted by atomic mass is 10.1. The Morgan fingerprint density at radius 2 is 1.90 bits per heavy atom. The molecule has 1 aromatic rings. The van der Waals surface area contributed by atoms with Crippen molar-refractivity contribution >= 4 is 27.8 Å². The average molecular weight is 455 g/mol. The van der Waals surface area contributed by atoms with Crippen LogP contribution in [0.2, 0.25) is 0 Å². The largest absolute Gasteiger partial charge is 0.495 e. The first-order valence-corrected chi connectivity index (χ1v) is 11.1. The van der Waals surface area contributed by atoms with E-state index >= 15 is 0 Å². The van der Waals surface area contributed by atoms with E-state index in [1.54, 1.807) is 0 Å². The van der Waals surface area contributed by atoms with Crippen LogP contribution in [-0.2, 0) is 29.1 Å². The number of methoxy groups -OCH3 is 2. The standard InChI is InChI=1S/C19H25N3O8S/c1-28-15-4-3-13(11-16(15)31(26,27)21-7-9-30-10-8-21)19(25)22-6-5-20-18(24)14(22)12-17(23)29-2/h3-4,11,14H,5-10,12H2,1-2H3,(H,20,24)/t14-/m1/s1. The molecule has 31 heavy (non-hydrogen) atoms. The molecule has 2 saturated heterocycles. The molecule has 0 unspecified atom stereocenters. The van der Waals surface area contributed by atoms with Crippen molar-refractivity contribution in [3.8, 4) is 5.75 Å². The number of piperazine rings is 1. The number of benzene rings is 1. The van der Waals surface area contributed by atoms with Crippen LogP contribution >= 0.6 is 0 Å². The van der Waals surface area contributed by atoms with E-state index in [1.807, 2.05) is 0 Å². The van der Waals surface area contributed by atoms with Crippen molar-refractivity contribution < 1.29 is 37.0 Å². The van der Waals surface area contributed by atoms with Crippen LogP contribution in [0.5, 0.6) is 5.75 Å². The van der Waals surface area contributed by atoms with E-state index in [4.69, 9.17) is 9.47 Å². The van der Waals surface area contributed by atoms with Crippen LogP contribution in [0, 0.1) is 0 Å². The molecule has 0 bridgehead atoms. The number of nitrogens with zero attached hydrogens (tertiary/aromatic N) is 2. The summed E-state index contributed by atoms with van der Waals surface area (Å²) in [5.74, 6) is -1.57. The molecule has 1 atom stereocenters. The zero-order valence-corrected chi connectivity index (χ0v) is 18.1. The van der Waals surface area contributed by atoms with Crippen LogP contribution in [0.25, 0.3) is 0 Å². The minimum absolute atomic E-state index is 0.0669. The third-order valence-electron chi connectivity index (χ3n) is 5.18. The number of ether oxygens (including phenoxy) is 3. The maximum Gasteiger partial charge on any atom is 0.308 e. The van der Waals surface area contributed by atoms with E-state index in [1.165, 1.54) is 41.6 Å². The maximum atomic E-state index is 13.2. The maximum absolute atomic E-state index is 13.2. The zero-order valence-electron chi connectivity index (χ0n) is 17.3. The highest BCUT2D eigenvalue weighted by Gasteiger charge is 2.36. The molecule has 2 fully saturated rings. The Balaban J connectivity index is 1.95. The third kappa shape index (κ3) is 4.81. The van der Waals surface area contributed by atoms with Gasteiger partial charge in [0.25, 0.3) is 5.91 Å². The van der Waals surface area contributed by atoms with E-state index in [0.717, 1.165) is 0 Å². The average Bonchev–Trinajstić information content (AvgIpc) is 2.79. The fourth-order valence-corrected chi connectivity index (χ4v) is 5.09. The molecule has 0 spiro atoms. The molecule has 170 valence electrons. The lowest BCUT2D eigenvalue weighted by Crippen LogP contribution is -2.57. The van der Waals surface area contributed by atoms with Gasteiger partial charge in [-0.25, -0.2) is 8.42 Å². The first-order chi connectivity index (χ1) is 14.8. The number of carbonyl (C=O) groups is 3. The number of amides is 2. The molecule has 2 aliphatic rings. The minimum atomic E-state index is -3.93. The van der Waals surface area contributed by atoms with Gasteiger partial charge in [-0.05, 0) is 18.2 Å². The number of hydrogen-bond donors (Lipinski definition) is 1. The number of esters is 1. The molecule has 2 aliphatic heterocycles. The van der Waals surface area contributed by atoms with E-state index in [2.05, 4.69) is 10.1 Å². The van der Waals surface area contributed by atoms with Crippen molar-refractivity contribution in [2.45, 2.75) is 17.4 Å². The van der Waals surface area contributed by atoms with Gasteiger partial charge in [-0.1, -0.05) is 0 Å². The Kier molecular flexibility index (Phi) is 7.13. The van der Waals surface area contributed by atoms with Gasteiger partial charge in [0.1, 0.15) is 16.7 Å². The van der Waals surface area contributed by atoms with Crippen molar-refractivity contribution in [3.63, 3.8) is 0 Å². The summed E-state index contributed by atoms with van der Waals surface area (Å²) < 4.78 is 42.7. The molecule has 3 rings (SSSR count). The number of sulfonamides is 1. The van der Waals surface area contributed by atoms with Crippen LogP contribution in [0.15, 0.2) is 23.1 Å². The number of morpholine rings is 1. The predicted molar refractivity (Wildman–Crippen MR) is 107 cm³/mol. The van der Waals surface area contributed by atoms with Gasteiger partial charge in [-0.2, -0.15) is 4.31 Å². The van der Waals surface area contributed by atoms with E-state index in [9.17, 15) is 22.8 Å². The van der Waals surface area contributed by atoms with Gasteiger partial charge < -0.3 is 24.4 Å². The van der Waals surface area contributed by atoms with Gasteiger partial charge in [-0.15, -0.1) is 0 Å². The monoisotopic (exact) mass is 455 g/mol. The molecular weight excluding hydrogens is 430 g/mol. The first kappa shape index (κ1) is 23.0. The summed E-state index contributed by atoms with van der Waals surface area (Å²) in [6, 6.07) is 3.03. The molecule has 0 aliphatic carbocycles. The van der Waals surface area contributed by atoms with Gasteiger partial charge in [0, 0.05) is 31.7 Å². The SMILES string of the molecule is COC(=O)C[C@@H]1C(=O)NCCN1C(=O)c1ccc(OC)c(S(=O)(=O)N2CCOCC2)c1. The summed E-state index contributed by atoms with van der Waals surface area (Å²) in [4.78, 5) is 38.3. The summed E-state index contributed by atoms with van der Waals surface area (Å²) >= 11 is 0. The number of nitrogens with one attached hydrogen (secondary N) is 1. The smallest absolute Gasteiger partial charge is 0.308 e. The van der Waals surface area contributed by atoms with Gasteiger partial charge >= 0.3 is 5.97 Å². The molecule has 1 aromatic carbocycles. The topological polar surface area (TPSA) is 132 Å². The van der Waals surface area contributed by atoms with Crippen molar-refractivity contribution in [2.75, 3.05) is 53.6 Å². The second-order valence-corrected chi connectivity index (χ2v) is 8.87. The van der Waals surface area contributed by atoms with Crippen LogP contribution in [0.1, 0.15) is 16.8 Å². The second kappa shape index (κ2) is 9.62. The second-order valence-electron chi connectivity index (χ2n) is 6.97. The molecule has 12 heteroatoms. The number of rotatable bonds is 6. The predicted octanol–water partition coefficient (Wildman–Crippen LogP) is -0.780. The van der Waals surface area contributed by atoms with Gasteiger partial charge in [0.2, 0.25) is 15.9 Å². The van der Waals surface area contributed by atoms with E-state index < -0.39 is 33.8 Å². The lowest BCUT2D eigenvalue weighted by Gasteiger charge is -2.34. The van der Waals surface area contributed by atoms with Crippen molar-refractivity contribution in [2.24, 2.45) is 0 Å². The summed E-state index contributed by atoms with van der Waals surface area (Å²) in [5, 5.41) is 2.62. The Morgan fingerprint density at radius 3 is 2.55 bits per heavy atom. The first-order valence-electron chi connectivity index (χ1n) is 9.71. The summed E-state index contributed by atoms with van der Waals surface area (Å²) in [6.45, 7) is 1.33. The minimum Gasteiger partial charge on any atom is -0.495 e. The van der Waals surface area contributed by atoms with Crippen LogP contribution in [-0.4, -0.2) is 95.1 Å². The molecule has 1 N–H and O–H groups in total. The highest BCUT2D eigenvalue weighted by atomic mass is 32.2. The quantitative estimate of drug-likeness (QED) is 0.553. The van der Waals surface area contributed by atoms with E-state index in [0.29, 0.717) is 0 Å². The third-order valence-corrected chi connectivity index (χ3v) is 7.10. The lowest BCUT2D eigenvalue weighted by molar-refractivity contribution is -0.145. The van der Waals surface area contributed by atoms with Gasteiger partial charge in [-0.3, -0.25) is 14.4 Å². The molecular formula is C19H25N3O8S. The fourth-order valence-electron chi connectivity index (χ4n) is 3.51. The Bertz CT molecular complexity index is 959. The molecule has 2 amide bonds. The molecule has 2 heterocycles. The summed E-state index contributed by atoms with van der Waals surface area (Å²) in [5.41, 5.74) is 0.0669. The Labute approximate surface area is 180 Å².